The maximum absolute atomic E-state index is 10.8. The Balaban J connectivity index is 3.73. The predicted octanol–water partition coefficient (Wildman–Crippen LogP) is -0.155. The van der Waals surface area contributed by atoms with Crippen LogP contribution in [0.2, 0.25) is 0 Å². The lowest BCUT2D eigenvalue weighted by Gasteiger charge is -1.99. The third-order valence-corrected chi connectivity index (χ3v) is 2.18. The number of nitrogens with zero attached hydrogens (tertiary/aromatic N) is 1. The quantitative estimate of drug-likeness (QED) is 0.472. The van der Waals surface area contributed by atoms with Crippen LogP contribution in [0.15, 0.2) is 14.2 Å². The maximum Gasteiger partial charge on any atom is 0.362 e. The smallest absolute Gasteiger partial charge is 0.362 e. The van der Waals surface area contributed by atoms with Crippen LogP contribution in [0.4, 0.5) is 0 Å². The van der Waals surface area contributed by atoms with Crippen molar-refractivity contribution >= 4 is 15.9 Å². The standard InChI is InChI=1S/C5H5BrN2O3/c1-2-3(6)8(11)5(10)7-4(2)9/h11H,1H3,(H,7,9,10). The van der Waals surface area contributed by atoms with Crippen molar-refractivity contribution in [2.24, 2.45) is 0 Å². The van der Waals surface area contributed by atoms with Gasteiger partial charge in [0.1, 0.15) is 4.60 Å². The van der Waals surface area contributed by atoms with E-state index < -0.39 is 11.2 Å². The van der Waals surface area contributed by atoms with Gasteiger partial charge in [-0.15, -0.1) is 4.73 Å². The average molecular weight is 221 g/mol. The SMILES string of the molecule is Cc1c(Br)n(O)c(=O)[nH]c1=O. The summed E-state index contributed by atoms with van der Waals surface area (Å²) in [5.74, 6) is 0. The molecule has 1 rings (SSSR count). The molecule has 1 heterocycles. The molecule has 0 aliphatic rings. The van der Waals surface area contributed by atoms with Crippen LogP contribution in [0.1, 0.15) is 5.56 Å². The lowest BCUT2D eigenvalue weighted by molar-refractivity contribution is 0.161. The third kappa shape index (κ3) is 1.21. The van der Waals surface area contributed by atoms with Crippen molar-refractivity contribution in [1.82, 2.24) is 9.71 Å². The van der Waals surface area contributed by atoms with Crippen LogP contribution < -0.4 is 11.2 Å². The molecule has 0 bridgehead atoms. The molecule has 6 heteroatoms. The number of aromatic nitrogens is 2. The molecular weight excluding hydrogens is 216 g/mol. The molecule has 11 heavy (non-hydrogen) atoms. The number of halogens is 1. The highest BCUT2D eigenvalue weighted by atomic mass is 79.9. The van der Waals surface area contributed by atoms with E-state index in [2.05, 4.69) is 15.9 Å². The first-order valence-corrected chi connectivity index (χ1v) is 3.54. The average Bonchev–Trinajstić information content (AvgIpc) is 1.97. The number of hydrogen-bond acceptors (Lipinski definition) is 3. The van der Waals surface area contributed by atoms with Crippen molar-refractivity contribution in [1.29, 1.82) is 0 Å². The Labute approximate surface area is 69.4 Å². The molecule has 0 saturated carbocycles. The second kappa shape index (κ2) is 2.54. The number of rotatable bonds is 0. The normalized spacial score (nSPS) is 10.0. The first kappa shape index (κ1) is 8.06. The Hall–Kier alpha value is -1.04. The summed E-state index contributed by atoms with van der Waals surface area (Å²) in [4.78, 5) is 23.4. The molecular formula is C5H5BrN2O3. The second-order valence-corrected chi connectivity index (χ2v) is 2.74. The summed E-state index contributed by atoms with van der Waals surface area (Å²) in [6.45, 7) is 1.48. The molecule has 0 spiro atoms. The molecule has 0 aromatic carbocycles. The van der Waals surface area contributed by atoms with Crippen molar-refractivity contribution in [3.63, 3.8) is 0 Å². The molecule has 0 fully saturated rings. The molecule has 0 aliphatic carbocycles. The molecule has 5 nitrogen and oxygen atoms in total. The fourth-order valence-electron chi connectivity index (χ4n) is 0.586. The van der Waals surface area contributed by atoms with Gasteiger partial charge in [-0.05, 0) is 22.9 Å². The molecule has 0 atom stereocenters. The van der Waals surface area contributed by atoms with Crippen LogP contribution in [0.25, 0.3) is 0 Å². The Bertz CT molecular complexity index is 357. The van der Waals surface area contributed by atoms with Gasteiger partial charge in [-0.25, -0.2) is 4.79 Å². The van der Waals surface area contributed by atoms with Crippen LogP contribution in [0.3, 0.4) is 0 Å². The van der Waals surface area contributed by atoms with Crippen LogP contribution in [-0.4, -0.2) is 14.9 Å². The minimum atomic E-state index is -0.854. The Morgan fingerprint density at radius 1 is 1.55 bits per heavy atom. The van der Waals surface area contributed by atoms with E-state index in [0.29, 0.717) is 4.73 Å². The number of aromatic amines is 1. The monoisotopic (exact) mass is 220 g/mol. The van der Waals surface area contributed by atoms with Crippen molar-refractivity contribution in [3.8, 4) is 0 Å². The molecule has 1 aromatic rings. The second-order valence-electron chi connectivity index (χ2n) is 1.99. The zero-order valence-electron chi connectivity index (χ0n) is 5.59. The first-order valence-electron chi connectivity index (χ1n) is 2.74. The van der Waals surface area contributed by atoms with Crippen LogP contribution in [0, 0.1) is 6.92 Å². The van der Waals surface area contributed by atoms with Crippen molar-refractivity contribution < 1.29 is 5.21 Å². The summed E-state index contributed by atoms with van der Waals surface area (Å²) >= 11 is 2.87. The van der Waals surface area contributed by atoms with Crippen molar-refractivity contribution in [2.75, 3.05) is 0 Å². The van der Waals surface area contributed by atoms with E-state index in [1.807, 2.05) is 4.98 Å². The molecule has 0 amide bonds. The molecule has 0 saturated heterocycles. The number of hydrogen-bond donors (Lipinski definition) is 2. The van der Waals surface area contributed by atoms with E-state index in [9.17, 15) is 9.59 Å². The highest BCUT2D eigenvalue weighted by Crippen LogP contribution is 2.06. The highest BCUT2D eigenvalue weighted by molar-refractivity contribution is 9.10. The van der Waals surface area contributed by atoms with E-state index in [-0.39, 0.29) is 10.2 Å². The van der Waals surface area contributed by atoms with E-state index in [0.717, 1.165) is 0 Å². The van der Waals surface area contributed by atoms with Gasteiger partial charge >= 0.3 is 5.69 Å². The van der Waals surface area contributed by atoms with Crippen LogP contribution in [0.5, 0.6) is 0 Å². The summed E-state index contributed by atoms with van der Waals surface area (Å²) < 4.78 is 0.405. The summed E-state index contributed by atoms with van der Waals surface area (Å²) in [6.07, 6.45) is 0. The van der Waals surface area contributed by atoms with Gasteiger partial charge in [0.05, 0.1) is 0 Å². The molecule has 0 unspecified atom stereocenters. The Morgan fingerprint density at radius 3 is 2.64 bits per heavy atom. The van der Waals surface area contributed by atoms with Crippen LogP contribution >= 0.6 is 15.9 Å². The Kier molecular flexibility index (Phi) is 1.86. The zero-order chi connectivity index (χ0) is 8.59. The first-order chi connectivity index (χ1) is 5.04. The van der Waals surface area contributed by atoms with Gasteiger partial charge in [0.25, 0.3) is 5.56 Å². The van der Waals surface area contributed by atoms with E-state index >= 15 is 0 Å². The molecule has 0 aliphatic heterocycles. The van der Waals surface area contributed by atoms with Crippen molar-refractivity contribution in [3.05, 3.63) is 31.0 Å². The number of nitrogens with one attached hydrogen (secondary N) is 1. The predicted molar refractivity (Wildman–Crippen MR) is 40.9 cm³/mol. The minimum Gasteiger partial charge on any atom is -0.423 e. The van der Waals surface area contributed by atoms with Gasteiger partial charge < -0.3 is 5.21 Å². The summed E-state index contributed by atoms with van der Waals surface area (Å²) in [5, 5.41) is 8.90. The fourth-order valence-corrected chi connectivity index (χ4v) is 0.927. The van der Waals surface area contributed by atoms with Gasteiger partial charge in [0.2, 0.25) is 0 Å². The highest BCUT2D eigenvalue weighted by Gasteiger charge is 2.05. The van der Waals surface area contributed by atoms with E-state index in [1.54, 1.807) is 0 Å². The van der Waals surface area contributed by atoms with Gasteiger partial charge in [-0.1, -0.05) is 0 Å². The molecule has 60 valence electrons. The maximum atomic E-state index is 10.8. The van der Waals surface area contributed by atoms with Gasteiger partial charge in [-0.2, -0.15) is 0 Å². The molecule has 1 aromatic heterocycles. The largest absolute Gasteiger partial charge is 0.423 e. The molecule has 0 radical (unpaired) electrons. The van der Waals surface area contributed by atoms with E-state index in [1.165, 1.54) is 6.92 Å². The topological polar surface area (TPSA) is 75.1 Å². The van der Waals surface area contributed by atoms with E-state index in [4.69, 9.17) is 5.21 Å². The fraction of sp³-hybridized carbons (Fsp3) is 0.200. The third-order valence-electron chi connectivity index (χ3n) is 1.25. The number of H-pyrrole nitrogens is 1. The minimum absolute atomic E-state index is 0.0752. The molecule has 2 N–H and O–H groups in total. The summed E-state index contributed by atoms with van der Waals surface area (Å²) in [7, 11) is 0. The van der Waals surface area contributed by atoms with Gasteiger partial charge in [0, 0.05) is 5.56 Å². The van der Waals surface area contributed by atoms with Gasteiger partial charge in [-0.3, -0.25) is 9.78 Å². The summed E-state index contributed by atoms with van der Waals surface area (Å²) in [5.41, 5.74) is -1.10. The summed E-state index contributed by atoms with van der Waals surface area (Å²) in [6, 6.07) is 0. The zero-order valence-corrected chi connectivity index (χ0v) is 7.17. The lowest BCUT2D eigenvalue weighted by Crippen LogP contribution is -2.30. The lowest BCUT2D eigenvalue weighted by atomic mass is 10.4. The van der Waals surface area contributed by atoms with Crippen LogP contribution in [-0.2, 0) is 0 Å². The Morgan fingerprint density at radius 2 is 2.09 bits per heavy atom. The van der Waals surface area contributed by atoms with Gasteiger partial charge in [0.15, 0.2) is 0 Å². The van der Waals surface area contributed by atoms with Crippen molar-refractivity contribution in [2.45, 2.75) is 6.92 Å².